The van der Waals surface area contributed by atoms with Gasteiger partial charge in [-0.25, -0.2) is 0 Å². The van der Waals surface area contributed by atoms with E-state index < -0.39 is 12.2 Å². The SMILES string of the molecule is Cc1cccc(OC(C)C(=O)Nc2ccc3c(c2)NC(=O)C(C)O3)c1. The molecular formula is C19H20N2O4. The van der Waals surface area contributed by atoms with Crippen LogP contribution in [-0.2, 0) is 9.59 Å². The third kappa shape index (κ3) is 3.91. The largest absolute Gasteiger partial charge is 0.481 e. The summed E-state index contributed by atoms with van der Waals surface area (Å²) in [6, 6.07) is 12.6. The summed E-state index contributed by atoms with van der Waals surface area (Å²) in [4.78, 5) is 24.0. The highest BCUT2D eigenvalue weighted by Gasteiger charge is 2.24. The van der Waals surface area contributed by atoms with Crippen molar-refractivity contribution in [1.29, 1.82) is 0 Å². The summed E-state index contributed by atoms with van der Waals surface area (Å²) in [7, 11) is 0. The molecule has 2 aromatic rings. The first-order valence-electron chi connectivity index (χ1n) is 8.08. The van der Waals surface area contributed by atoms with Crippen LogP contribution in [0.5, 0.6) is 11.5 Å². The van der Waals surface area contributed by atoms with Crippen LogP contribution in [0.15, 0.2) is 42.5 Å². The molecule has 2 atom stereocenters. The molecule has 0 aliphatic carbocycles. The maximum absolute atomic E-state index is 12.3. The maximum atomic E-state index is 12.3. The van der Waals surface area contributed by atoms with Gasteiger partial charge in [0.05, 0.1) is 5.69 Å². The fourth-order valence-corrected chi connectivity index (χ4v) is 2.48. The molecule has 2 N–H and O–H groups in total. The number of carbonyl (C=O) groups excluding carboxylic acids is 2. The van der Waals surface area contributed by atoms with E-state index in [1.807, 2.05) is 31.2 Å². The van der Waals surface area contributed by atoms with E-state index in [2.05, 4.69) is 10.6 Å². The summed E-state index contributed by atoms with van der Waals surface area (Å²) in [6.45, 7) is 5.32. The summed E-state index contributed by atoms with van der Waals surface area (Å²) >= 11 is 0. The van der Waals surface area contributed by atoms with Crippen molar-refractivity contribution in [3.8, 4) is 11.5 Å². The third-order valence-corrected chi connectivity index (χ3v) is 3.85. The predicted octanol–water partition coefficient (Wildman–Crippen LogP) is 3.12. The number of aryl methyl sites for hydroxylation is 1. The number of rotatable bonds is 4. The molecule has 6 nitrogen and oxygen atoms in total. The molecule has 6 heteroatoms. The topological polar surface area (TPSA) is 76.7 Å². The van der Waals surface area contributed by atoms with Crippen molar-refractivity contribution in [2.24, 2.45) is 0 Å². The average Bonchev–Trinajstić information content (AvgIpc) is 2.56. The highest BCUT2D eigenvalue weighted by molar-refractivity contribution is 5.99. The number of carbonyl (C=O) groups is 2. The van der Waals surface area contributed by atoms with Crippen LogP contribution in [0.4, 0.5) is 11.4 Å². The zero-order chi connectivity index (χ0) is 18.0. The van der Waals surface area contributed by atoms with Crippen molar-refractivity contribution in [2.45, 2.75) is 33.0 Å². The van der Waals surface area contributed by atoms with Gasteiger partial charge in [0.1, 0.15) is 11.5 Å². The van der Waals surface area contributed by atoms with Gasteiger partial charge < -0.3 is 20.1 Å². The summed E-state index contributed by atoms with van der Waals surface area (Å²) in [5, 5.41) is 5.53. The van der Waals surface area contributed by atoms with Crippen molar-refractivity contribution in [2.75, 3.05) is 10.6 Å². The van der Waals surface area contributed by atoms with E-state index in [4.69, 9.17) is 9.47 Å². The maximum Gasteiger partial charge on any atom is 0.265 e. The molecule has 25 heavy (non-hydrogen) atoms. The van der Waals surface area contributed by atoms with Crippen molar-refractivity contribution in [3.63, 3.8) is 0 Å². The quantitative estimate of drug-likeness (QED) is 0.896. The van der Waals surface area contributed by atoms with Gasteiger partial charge in [0, 0.05) is 5.69 Å². The van der Waals surface area contributed by atoms with E-state index in [0.29, 0.717) is 22.9 Å². The molecule has 2 aromatic carbocycles. The minimum absolute atomic E-state index is 0.216. The molecule has 0 radical (unpaired) electrons. The van der Waals surface area contributed by atoms with Gasteiger partial charge in [-0.15, -0.1) is 0 Å². The van der Waals surface area contributed by atoms with Crippen LogP contribution < -0.4 is 20.1 Å². The molecule has 1 aliphatic rings. The number of ether oxygens (including phenoxy) is 2. The minimum atomic E-state index is -0.663. The van der Waals surface area contributed by atoms with Gasteiger partial charge in [-0.05, 0) is 56.7 Å². The second-order valence-corrected chi connectivity index (χ2v) is 6.03. The Balaban J connectivity index is 1.66. The molecule has 1 heterocycles. The molecule has 2 unspecified atom stereocenters. The Morgan fingerprint density at radius 3 is 2.84 bits per heavy atom. The second kappa shape index (κ2) is 6.84. The molecule has 0 aromatic heterocycles. The summed E-state index contributed by atoms with van der Waals surface area (Å²) < 4.78 is 11.2. The van der Waals surface area contributed by atoms with Crippen molar-refractivity contribution >= 4 is 23.2 Å². The Labute approximate surface area is 146 Å². The van der Waals surface area contributed by atoms with E-state index in [1.54, 1.807) is 32.0 Å². The van der Waals surface area contributed by atoms with E-state index in [1.165, 1.54) is 0 Å². The van der Waals surface area contributed by atoms with Crippen LogP contribution in [0.25, 0.3) is 0 Å². The molecule has 1 aliphatic heterocycles. The Morgan fingerprint density at radius 2 is 2.08 bits per heavy atom. The molecule has 2 amide bonds. The van der Waals surface area contributed by atoms with E-state index in [-0.39, 0.29) is 11.8 Å². The molecule has 0 fully saturated rings. The fourth-order valence-electron chi connectivity index (χ4n) is 2.48. The lowest BCUT2D eigenvalue weighted by Gasteiger charge is -2.24. The van der Waals surface area contributed by atoms with Crippen LogP contribution in [0, 0.1) is 6.92 Å². The molecule has 0 saturated carbocycles. The van der Waals surface area contributed by atoms with Crippen LogP contribution in [-0.4, -0.2) is 24.0 Å². The Bertz CT molecular complexity index is 819. The Morgan fingerprint density at radius 1 is 1.28 bits per heavy atom. The van der Waals surface area contributed by atoms with E-state index in [0.717, 1.165) is 5.56 Å². The van der Waals surface area contributed by atoms with Crippen LogP contribution in [0.3, 0.4) is 0 Å². The Kier molecular flexibility index (Phi) is 4.61. The number of hydrogen-bond donors (Lipinski definition) is 2. The summed E-state index contributed by atoms with van der Waals surface area (Å²) in [5.74, 6) is 0.724. The molecule has 0 saturated heterocycles. The van der Waals surface area contributed by atoms with Gasteiger partial charge in [0.15, 0.2) is 12.2 Å². The van der Waals surface area contributed by atoms with Gasteiger partial charge >= 0.3 is 0 Å². The lowest BCUT2D eigenvalue weighted by atomic mass is 10.2. The summed E-state index contributed by atoms with van der Waals surface area (Å²) in [6.07, 6.45) is -1.20. The van der Waals surface area contributed by atoms with Gasteiger partial charge in [-0.2, -0.15) is 0 Å². The lowest BCUT2D eigenvalue weighted by molar-refractivity contribution is -0.123. The van der Waals surface area contributed by atoms with E-state index >= 15 is 0 Å². The normalized spacial score (nSPS) is 16.9. The second-order valence-electron chi connectivity index (χ2n) is 6.03. The molecule has 0 bridgehead atoms. The summed E-state index contributed by atoms with van der Waals surface area (Å²) in [5.41, 5.74) is 2.15. The van der Waals surface area contributed by atoms with Gasteiger partial charge in [-0.3, -0.25) is 9.59 Å². The standard InChI is InChI=1S/C19H20N2O4/c1-11-5-4-6-15(9-11)24-12(2)18(22)20-14-7-8-17-16(10-14)21-19(23)13(3)25-17/h4-10,12-13H,1-3H3,(H,20,22)(H,21,23). The monoisotopic (exact) mass is 340 g/mol. The number of anilines is 2. The van der Waals surface area contributed by atoms with E-state index in [9.17, 15) is 9.59 Å². The Hall–Kier alpha value is -3.02. The predicted molar refractivity (Wildman–Crippen MR) is 95.1 cm³/mol. The number of nitrogens with one attached hydrogen (secondary N) is 2. The highest BCUT2D eigenvalue weighted by Crippen LogP contribution is 2.32. The zero-order valence-electron chi connectivity index (χ0n) is 14.3. The van der Waals surface area contributed by atoms with Crippen molar-refractivity contribution < 1.29 is 19.1 Å². The molecule has 0 spiro atoms. The smallest absolute Gasteiger partial charge is 0.265 e. The zero-order valence-corrected chi connectivity index (χ0v) is 14.3. The first-order chi connectivity index (χ1) is 11.9. The first-order valence-corrected chi connectivity index (χ1v) is 8.08. The van der Waals surface area contributed by atoms with Gasteiger partial charge in [0.2, 0.25) is 0 Å². The number of hydrogen-bond acceptors (Lipinski definition) is 4. The van der Waals surface area contributed by atoms with Crippen LogP contribution in [0.1, 0.15) is 19.4 Å². The van der Waals surface area contributed by atoms with Crippen LogP contribution in [0.2, 0.25) is 0 Å². The molecule has 130 valence electrons. The third-order valence-electron chi connectivity index (χ3n) is 3.85. The molecular weight excluding hydrogens is 320 g/mol. The number of fused-ring (bicyclic) bond motifs is 1. The average molecular weight is 340 g/mol. The van der Waals surface area contributed by atoms with Crippen LogP contribution >= 0.6 is 0 Å². The van der Waals surface area contributed by atoms with Crippen molar-refractivity contribution in [1.82, 2.24) is 0 Å². The number of amides is 2. The molecule has 3 rings (SSSR count). The fraction of sp³-hybridized carbons (Fsp3) is 0.263. The highest BCUT2D eigenvalue weighted by atomic mass is 16.5. The minimum Gasteiger partial charge on any atom is -0.481 e. The van der Waals surface area contributed by atoms with Gasteiger partial charge in [-0.1, -0.05) is 12.1 Å². The van der Waals surface area contributed by atoms with Crippen molar-refractivity contribution in [3.05, 3.63) is 48.0 Å². The lowest BCUT2D eigenvalue weighted by Crippen LogP contribution is -2.34. The number of benzene rings is 2. The van der Waals surface area contributed by atoms with Gasteiger partial charge in [0.25, 0.3) is 11.8 Å². The first kappa shape index (κ1) is 16.8.